The first-order chi connectivity index (χ1) is 10.8. The van der Waals surface area contributed by atoms with Gasteiger partial charge in [-0.25, -0.2) is 0 Å². The molecular weight excluding hydrogens is 272 g/mol. The molecule has 22 heavy (non-hydrogen) atoms. The molecule has 0 unspecified atom stereocenters. The maximum Gasteiger partial charge on any atom is 0.314 e. The minimum absolute atomic E-state index is 0.0342. The number of carbonyl (C=O) groups excluding carboxylic acids is 1. The van der Waals surface area contributed by atoms with Gasteiger partial charge in [0, 0.05) is 0 Å². The summed E-state index contributed by atoms with van der Waals surface area (Å²) in [5.74, 6) is 2.17. The van der Waals surface area contributed by atoms with Gasteiger partial charge in [0.1, 0.15) is 5.75 Å². The molecule has 0 N–H and O–H groups in total. The number of carbonyl (C=O) groups is 1. The van der Waals surface area contributed by atoms with Gasteiger partial charge in [-0.1, -0.05) is 55.0 Å². The first kappa shape index (κ1) is 13.6. The predicted molar refractivity (Wildman–Crippen MR) is 85.6 cm³/mol. The van der Waals surface area contributed by atoms with Crippen LogP contribution in [0.2, 0.25) is 0 Å². The number of rotatable bonds is 3. The van der Waals surface area contributed by atoms with Gasteiger partial charge in [0.25, 0.3) is 0 Å². The fraction of sp³-hybridized carbons (Fsp3) is 0.350. The zero-order valence-corrected chi connectivity index (χ0v) is 12.5. The number of hydrogen-bond donors (Lipinski definition) is 0. The van der Waals surface area contributed by atoms with Crippen LogP contribution in [0.3, 0.4) is 0 Å². The van der Waals surface area contributed by atoms with Crippen molar-refractivity contribution in [2.24, 2.45) is 17.8 Å². The Kier molecular flexibility index (Phi) is 3.45. The zero-order chi connectivity index (χ0) is 14.9. The van der Waals surface area contributed by atoms with Crippen LogP contribution in [0.1, 0.15) is 30.7 Å². The van der Waals surface area contributed by atoms with E-state index in [0.29, 0.717) is 23.5 Å². The Morgan fingerprint density at radius 1 is 0.864 bits per heavy atom. The third-order valence-corrected chi connectivity index (χ3v) is 5.34. The molecule has 2 nitrogen and oxygen atoms in total. The third-order valence-electron chi connectivity index (χ3n) is 5.34. The van der Waals surface area contributed by atoms with Crippen LogP contribution in [-0.4, -0.2) is 5.97 Å². The van der Waals surface area contributed by atoms with E-state index in [-0.39, 0.29) is 11.9 Å². The van der Waals surface area contributed by atoms with Gasteiger partial charge in [0.05, 0.1) is 5.92 Å². The topological polar surface area (TPSA) is 26.3 Å². The van der Waals surface area contributed by atoms with Gasteiger partial charge in [0.2, 0.25) is 0 Å². The van der Waals surface area contributed by atoms with Crippen molar-refractivity contribution < 1.29 is 9.53 Å². The van der Waals surface area contributed by atoms with Gasteiger partial charge >= 0.3 is 5.97 Å². The lowest BCUT2D eigenvalue weighted by molar-refractivity contribution is -0.156. The number of fused-ring (bicyclic) bond motifs is 2. The van der Waals surface area contributed by atoms with Crippen LogP contribution in [0, 0.1) is 17.8 Å². The zero-order valence-electron chi connectivity index (χ0n) is 12.5. The molecule has 0 aromatic heterocycles. The third kappa shape index (κ3) is 2.23. The van der Waals surface area contributed by atoms with Gasteiger partial charge in [-0.05, 0) is 48.3 Å². The SMILES string of the molecule is O=C(Oc1ccccc1)C1[C@@H]2CCC[C@@H]1C2c1ccccc1. The molecule has 2 aromatic rings. The van der Waals surface area contributed by atoms with Gasteiger partial charge in [-0.15, -0.1) is 0 Å². The Morgan fingerprint density at radius 2 is 1.45 bits per heavy atom. The molecule has 2 heteroatoms. The molecule has 0 spiro atoms. The lowest BCUT2D eigenvalue weighted by Crippen LogP contribution is -2.53. The fourth-order valence-corrected chi connectivity index (χ4v) is 4.44. The summed E-state index contributed by atoms with van der Waals surface area (Å²) in [4.78, 5) is 12.6. The molecule has 2 bridgehead atoms. The predicted octanol–water partition coefficient (Wildman–Crippen LogP) is 4.42. The normalized spacial score (nSPS) is 29.5. The molecule has 2 aliphatic rings. The van der Waals surface area contributed by atoms with E-state index < -0.39 is 0 Å². The van der Waals surface area contributed by atoms with Crippen LogP contribution in [0.15, 0.2) is 60.7 Å². The van der Waals surface area contributed by atoms with E-state index in [1.165, 1.54) is 12.0 Å². The fourth-order valence-electron chi connectivity index (χ4n) is 4.44. The summed E-state index contributed by atoms with van der Waals surface area (Å²) in [5.41, 5.74) is 1.39. The lowest BCUT2D eigenvalue weighted by Gasteiger charge is -2.55. The summed E-state index contributed by atoms with van der Waals surface area (Å²) in [6.45, 7) is 0. The molecule has 2 atom stereocenters. The molecule has 0 amide bonds. The second-order valence-electron chi connectivity index (χ2n) is 6.46. The van der Waals surface area contributed by atoms with Crippen molar-refractivity contribution >= 4 is 5.97 Å². The number of esters is 1. The van der Waals surface area contributed by atoms with Gasteiger partial charge in [-0.2, -0.15) is 0 Å². The Hall–Kier alpha value is -2.09. The van der Waals surface area contributed by atoms with Gasteiger partial charge in [0.15, 0.2) is 0 Å². The van der Waals surface area contributed by atoms with Crippen molar-refractivity contribution in [1.82, 2.24) is 0 Å². The van der Waals surface area contributed by atoms with Gasteiger partial charge in [-0.3, -0.25) is 4.79 Å². The highest BCUT2D eigenvalue weighted by Gasteiger charge is 2.56. The van der Waals surface area contributed by atoms with E-state index >= 15 is 0 Å². The Balaban J connectivity index is 1.51. The smallest absolute Gasteiger partial charge is 0.314 e. The van der Waals surface area contributed by atoms with E-state index in [1.807, 2.05) is 30.3 Å². The van der Waals surface area contributed by atoms with Crippen LogP contribution in [0.5, 0.6) is 5.75 Å². The number of hydrogen-bond acceptors (Lipinski definition) is 2. The molecule has 112 valence electrons. The molecule has 0 heterocycles. The number of benzene rings is 2. The van der Waals surface area contributed by atoms with Crippen molar-refractivity contribution in [2.45, 2.75) is 25.2 Å². The standard InChI is InChI=1S/C20H20O2/c21-20(22-15-10-5-2-6-11-15)19-16-12-7-13-17(19)18(16)14-8-3-1-4-9-14/h1-6,8-11,16-19H,7,12-13H2/t16-,17-,18?,19?/m1/s1. The van der Waals surface area contributed by atoms with Crippen LogP contribution >= 0.6 is 0 Å². The second kappa shape index (κ2) is 5.60. The van der Waals surface area contributed by atoms with E-state index in [9.17, 15) is 4.79 Å². The number of para-hydroxylation sites is 1. The van der Waals surface area contributed by atoms with Crippen LogP contribution in [0.25, 0.3) is 0 Å². The molecule has 0 radical (unpaired) electrons. The van der Waals surface area contributed by atoms with E-state index in [4.69, 9.17) is 4.74 Å². The van der Waals surface area contributed by atoms with E-state index in [0.717, 1.165) is 12.8 Å². The van der Waals surface area contributed by atoms with Crippen LogP contribution in [0.4, 0.5) is 0 Å². The van der Waals surface area contributed by atoms with Crippen LogP contribution in [-0.2, 0) is 4.79 Å². The maximum atomic E-state index is 12.6. The van der Waals surface area contributed by atoms with Crippen molar-refractivity contribution in [2.75, 3.05) is 0 Å². The summed E-state index contributed by atoms with van der Waals surface area (Å²) >= 11 is 0. The largest absolute Gasteiger partial charge is 0.426 e. The minimum atomic E-state index is -0.0342. The summed E-state index contributed by atoms with van der Waals surface area (Å²) in [6, 6.07) is 20.1. The van der Waals surface area contributed by atoms with Crippen LogP contribution < -0.4 is 4.74 Å². The molecule has 4 rings (SSSR count). The molecular formula is C20H20O2. The van der Waals surface area contributed by atoms with E-state index in [2.05, 4.69) is 30.3 Å². The Morgan fingerprint density at radius 3 is 2.09 bits per heavy atom. The van der Waals surface area contributed by atoms with Crippen molar-refractivity contribution in [3.8, 4) is 5.75 Å². The summed E-state index contributed by atoms with van der Waals surface area (Å²) in [6.07, 6.45) is 3.53. The van der Waals surface area contributed by atoms with Crippen molar-refractivity contribution in [3.05, 3.63) is 66.2 Å². The summed E-state index contributed by atoms with van der Waals surface area (Å²) in [7, 11) is 0. The van der Waals surface area contributed by atoms with Crippen molar-refractivity contribution in [1.29, 1.82) is 0 Å². The Labute approximate surface area is 131 Å². The molecule has 0 saturated heterocycles. The summed E-state index contributed by atoms with van der Waals surface area (Å²) < 4.78 is 5.60. The lowest BCUT2D eigenvalue weighted by atomic mass is 9.48. The quantitative estimate of drug-likeness (QED) is 0.618. The molecule has 2 aromatic carbocycles. The van der Waals surface area contributed by atoms with E-state index in [1.54, 1.807) is 0 Å². The molecule has 2 saturated carbocycles. The van der Waals surface area contributed by atoms with Crippen molar-refractivity contribution in [3.63, 3.8) is 0 Å². The highest BCUT2D eigenvalue weighted by atomic mass is 16.5. The number of ether oxygens (including phenoxy) is 1. The second-order valence-corrected chi connectivity index (χ2v) is 6.46. The molecule has 2 fully saturated rings. The average molecular weight is 292 g/mol. The Bertz CT molecular complexity index is 638. The highest BCUT2D eigenvalue weighted by molar-refractivity contribution is 5.77. The summed E-state index contributed by atoms with van der Waals surface area (Å²) in [5, 5.41) is 0. The first-order valence-electron chi connectivity index (χ1n) is 8.16. The van der Waals surface area contributed by atoms with Gasteiger partial charge < -0.3 is 4.74 Å². The maximum absolute atomic E-state index is 12.6. The average Bonchev–Trinajstić information content (AvgIpc) is 2.57. The minimum Gasteiger partial charge on any atom is -0.426 e. The molecule has 0 aliphatic heterocycles. The highest BCUT2D eigenvalue weighted by Crippen LogP contribution is 2.60. The monoisotopic (exact) mass is 292 g/mol. The first-order valence-corrected chi connectivity index (χ1v) is 8.16. The molecule has 2 aliphatic carbocycles.